The topological polar surface area (TPSA) is 105 Å². The predicted octanol–water partition coefficient (Wildman–Crippen LogP) is 2.95. The van der Waals surface area contributed by atoms with Crippen LogP contribution in [0.4, 0.5) is 5.69 Å². The minimum atomic E-state index is -3.82. The quantitative estimate of drug-likeness (QED) is 0.491. The highest BCUT2D eigenvalue weighted by atomic mass is 32.2. The third kappa shape index (κ3) is 6.69. The molecular formula is C26H35N3O6S. The summed E-state index contributed by atoms with van der Waals surface area (Å²) in [4.78, 5) is 28.0. The van der Waals surface area contributed by atoms with Crippen LogP contribution in [0.25, 0.3) is 0 Å². The summed E-state index contributed by atoms with van der Waals surface area (Å²) >= 11 is 0. The summed E-state index contributed by atoms with van der Waals surface area (Å²) in [5, 5.41) is 2.92. The molecule has 0 saturated carbocycles. The van der Waals surface area contributed by atoms with Crippen molar-refractivity contribution in [1.29, 1.82) is 0 Å². The maximum Gasteiger partial charge on any atom is 0.244 e. The van der Waals surface area contributed by atoms with Gasteiger partial charge in [-0.25, -0.2) is 8.42 Å². The zero-order chi connectivity index (χ0) is 26.3. The van der Waals surface area contributed by atoms with E-state index >= 15 is 0 Å². The van der Waals surface area contributed by atoms with Crippen LogP contribution in [0, 0.1) is 0 Å². The highest BCUT2D eigenvalue weighted by Crippen LogP contribution is 2.35. The lowest BCUT2D eigenvalue weighted by Gasteiger charge is -2.32. The molecule has 2 amide bonds. The number of benzene rings is 2. The van der Waals surface area contributed by atoms with Gasteiger partial charge in [-0.3, -0.25) is 13.9 Å². The molecule has 1 N–H and O–H groups in total. The molecule has 0 aromatic heterocycles. The molecule has 36 heavy (non-hydrogen) atoms. The van der Waals surface area contributed by atoms with E-state index in [4.69, 9.17) is 9.47 Å². The van der Waals surface area contributed by atoms with Crippen LogP contribution in [-0.4, -0.2) is 62.7 Å². The second-order valence-corrected chi connectivity index (χ2v) is 10.9. The number of anilines is 1. The molecule has 1 aliphatic heterocycles. The molecule has 2 aromatic carbocycles. The number of nitrogens with zero attached hydrogens (tertiary/aromatic N) is 2. The molecule has 0 fully saturated rings. The van der Waals surface area contributed by atoms with Crippen LogP contribution in [-0.2, 0) is 26.2 Å². The molecular weight excluding hydrogens is 482 g/mol. The van der Waals surface area contributed by atoms with E-state index in [2.05, 4.69) is 5.32 Å². The van der Waals surface area contributed by atoms with Crippen molar-refractivity contribution in [2.45, 2.75) is 52.7 Å². The lowest BCUT2D eigenvalue weighted by molar-refractivity contribution is -0.139. The molecule has 1 aliphatic rings. The number of amides is 2. The Labute approximate surface area is 213 Å². The zero-order valence-electron chi connectivity index (χ0n) is 21.3. The third-order valence-corrected chi connectivity index (χ3v) is 7.90. The molecule has 2 atom stereocenters. The molecule has 3 rings (SSSR count). The van der Waals surface area contributed by atoms with Crippen LogP contribution in [0.3, 0.4) is 0 Å². The van der Waals surface area contributed by atoms with Gasteiger partial charge < -0.3 is 19.7 Å². The van der Waals surface area contributed by atoms with Crippen molar-refractivity contribution in [3.05, 3.63) is 54.1 Å². The summed E-state index contributed by atoms with van der Waals surface area (Å²) in [6, 6.07) is 13.2. The van der Waals surface area contributed by atoms with E-state index in [0.29, 0.717) is 30.4 Å². The minimum absolute atomic E-state index is 0.0525. The van der Waals surface area contributed by atoms with Crippen LogP contribution in [0.1, 0.15) is 39.7 Å². The van der Waals surface area contributed by atoms with Crippen LogP contribution in [0.15, 0.2) is 48.5 Å². The van der Waals surface area contributed by atoms with Crippen molar-refractivity contribution in [2.24, 2.45) is 0 Å². The van der Waals surface area contributed by atoms with Crippen molar-refractivity contribution in [1.82, 2.24) is 10.2 Å². The van der Waals surface area contributed by atoms with E-state index in [1.165, 1.54) is 11.8 Å². The van der Waals surface area contributed by atoms with Gasteiger partial charge >= 0.3 is 0 Å². The van der Waals surface area contributed by atoms with Gasteiger partial charge in [0.25, 0.3) is 0 Å². The van der Waals surface area contributed by atoms with Gasteiger partial charge in [0.1, 0.15) is 25.8 Å². The first kappa shape index (κ1) is 27.3. The highest BCUT2D eigenvalue weighted by molar-refractivity contribution is 7.92. The third-order valence-electron chi connectivity index (χ3n) is 6.16. The summed E-state index contributed by atoms with van der Waals surface area (Å²) < 4.78 is 38.4. The lowest BCUT2D eigenvalue weighted by Crippen LogP contribution is -2.52. The van der Waals surface area contributed by atoms with Gasteiger partial charge in [0.2, 0.25) is 21.8 Å². The number of rotatable bonds is 11. The highest BCUT2D eigenvalue weighted by Gasteiger charge is 2.31. The maximum atomic E-state index is 13.7. The first-order valence-corrected chi connectivity index (χ1v) is 13.8. The van der Waals surface area contributed by atoms with Gasteiger partial charge in [0.05, 0.1) is 11.4 Å². The maximum absolute atomic E-state index is 13.7. The van der Waals surface area contributed by atoms with Crippen LogP contribution in [0.2, 0.25) is 0 Å². The van der Waals surface area contributed by atoms with Gasteiger partial charge in [-0.2, -0.15) is 0 Å². The summed E-state index contributed by atoms with van der Waals surface area (Å²) in [6.45, 7) is 7.50. The molecule has 196 valence electrons. The number of carbonyl (C=O) groups is 2. The average Bonchev–Trinajstić information content (AvgIpc) is 2.89. The summed E-state index contributed by atoms with van der Waals surface area (Å²) in [6.07, 6.45) is 0.748. The summed E-state index contributed by atoms with van der Waals surface area (Å²) in [5.74, 6) is -0.0381. The van der Waals surface area contributed by atoms with E-state index in [9.17, 15) is 18.0 Å². The number of sulfonamides is 1. The van der Waals surface area contributed by atoms with Crippen molar-refractivity contribution < 1.29 is 27.5 Å². The molecule has 0 radical (unpaired) electrons. The molecule has 0 aliphatic carbocycles. The largest absolute Gasteiger partial charge is 0.486 e. The van der Waals surface area contributed by atoms with Crippen molar-refractivity contribution >= 4 is 27.5 Å². The molecule has 0 spiro atoms. The molecule has 1 heterocycles. The fourth-order valence-corrected chi connectivity index (χ4v) is 4.79. The van der Waals surface area contributed by atoms with E-state index in [0.717, 1.165) is 16.3 Å². The first-order chi connectivity index (χ1) is 17.2. The lowest BCUT2D eigenvalue weighted by atomic mass is 10.1. The summed E-state index contributed by atoms with van der Waals surface area (Å²) in [5.41, 5.74) is 1.13. The number of fused-ring (bicyclic) bond motifs is 1. The van der Waals surface area contributed by atoms with Crippen molar-refractivity contribution in [3.63, 3.8) is 0 Å². The van der Waals surface area contributed by atoms with Crippen LogP contribution >= 0.6 is 0 Å². The normalized spacial score (nSPS) is 14.4. The average molecular weight is 518 g/mol. The Morgan fingerprint density at radius 2 is 1.67 bits per heavy atom. The Balaban J connectivity index is 1.92. The SMILES string of the molecule is CCC(C)NC(=O)C(C)N(Cc1ccccc1)C(=O)CN(c1ccc2c(c1)OCCO2)S(=O)(=O)CC. The van der Waals surface area contributed by atoms with E-state index in [1.54, 1.807) is 25.1 Å². The molecule has 10 heteroatoms. The molecule has 2 unspecified atom stereocenters. The molecule has 2 aromatic rings. The fourth-order valence-electron chi connectivity index (χ4n) is 3.74. The Morgan fingerprint density at radius 1 is 1.00 bits per heavy atom. The van der Waals surface area contributed by atoms with Crippen LogP contribution < -0.4 is 19.1 Å². The van der Waals surface area contributed by atoms with E-state index in [1.807, 2.05) is 44.2 Å². The zero-order valence-corrected chi connectivity index (χ0v) is 22.1. The van der Waals surface area contributed by atoms with Crippen molar-refractivity contribution in [3.8, 4) is 11.5 Å². The van der Waals surface area contributed by atoms with Gasteiger partial charge in [-0.15, -0.1) is 0 Å². The minimum Gasteiger partial charge on any atom is -0.486 e. The fraction of sp³-hybridized carbons (Fsp3) is 0.462. The molecule has 9 nitrogen and oxygen atoms in total. The smallest absolute Gasteiger partial charge is 0.244 e. The summed E-state index contributed by atoms with van der Waals surface area (Å²) in [7, 11) is -3.82. The predicted molar refractivity (Wildman–Crippen MR) is 139 cm³/mol. The molecule has 0 bridgehead atoms. The Bertz CT molecular complexity index is 1160. The van der Waals surface area contributed by atoms with Gasteiger partial charge in [-0.1, -0.05) is 37.3 Å². The first-order valence-electron chi connectivity index (χ1n) is 12.2. The van der Waals surface area contributed by atoms with E-state index in [-0.39, 0.29) is 24.2 Å². The molecule has 0 saturated heterocycles. The number of hydrogen-bond acceptors (Lipinski definition) is 6. The number of carbonyl (C=O) groups excluding carboxylic acids is 2. The number of nitrogens with one attached hydrogen (secondary N) is 1. The second kappa shape index (κ2) is 12.1. The standard InChI is InChI=1S/C26H35N3O6S/c1-5-19(3)27-26(31)20(4)28(17-21-10-8-7-9-11-21)25(30)18-29(36(32,33)6-2)22-12-13-23-24(16-22)35-15-14-34-23/h7-13,16,19-20H,5-6,14-15,17-18H2,1-4H3,(H,27,31). The Hall–Kier alpha value is -3.27. The monoisotopic (exact) mass is 517 g/mol. The number of hydrogen-bond donors (Lipinski definition) is 1. The van der Waals surface area contributed by atoms with Gasteiger partial charge in [0, 0.05) is 18.7 Å². The van der Waals surface area contributed by atoms with Gasteiger partial charge in [-0.05, 0) is 44.9 Å². The van der Waals surface area contributed by atoms with Gasteiger partial charge in [0.15, 0.2) is 11.5 Å². The number of ether oxygens (including phenoxy) is 2. The Morgan fingerprint density at radius 3 is 2.31 bits per heavy atom. The second-order valence-electron chi connectivity index (χ2n) is 8.74. The van der Waals surface area contributed by atoms with Crippen LogP contribution in [0.5, 0.6) is 11.5 Å². The van der Waals surface area contributed by atoms with Crippen molar-refractivity contribution in [2.75, 3.05) is 29.8 Å². The van der Waals surface area contributed by atoms with E-state index < -0.39 is 28.5 Å². The Kier molecular flexibility index (Phi) is 9.19.